The molecule has 0 N–H and O–H groups in total. The van der Waals surface area contributed by atoms with Crippen LogP contribution in [0.15, 0.2) is 18.2 Å². The van der Waals surface area contributed by atoms with Gasteiger partial charge in [0.05, 0.1) is 5.41 Å². The molecule has 0 spiro atoms. The third-order valence-electron chi connectivity index (χ3n) is 3.17. The van der Waals surface area contributed by atoms with Crippen molar-refractivity contribution in [3.05, 3.63) is 29.3 Å². The lowest BCUT2D eigenvalue weighted by molar-refractivity contribution is -0.137. The highest BCUT2D eigenvalue weighted by atomic mass is 79.9. The van der Waals surface area contributed by atoms with E-state index < -0.39 is 5.41 Å². The average molecular weight is 299 g/mol. The fraction of sp³-hybridized carbons (Fsp3) is 0.500. The van der Waals surface area contributed by atoms with Gasteiger partial charge in [0, 0.05) is 5.56 Å². The van der Waals surface area contributed by atoms with Crippen LogP contribution in [0.1, 0.15) is 45.7 Å². The highest BCUT2D eigenvalue weighted by molar-refractivity contribution is 8.93. The van der Waals surface area contributed by atoms with Crippen LogP contribution in [0.25, 0.3) is 0 Å². The van der Waals surface area contributed by atoms with E-state index in [4.69, 9.17) is 4.74 Å². The molecule has 0 atom stereocenters. The van der Waals surface area contributed by atoms with Gasteiger partial charge in [-0.2, -0.15) is 0 Å². The SMILES string of the molecule is Br.CC(C)(C)c1cccc2c1C(C)(C)C(=O)O2. The molecule has 2 rings (SSSR count). The van der Waals surface area contributed by atoms with Crippen molar-refractivity contribution in [1.82, 2.24) is 0 Å². The molecule has 1 aromatic rings. The Morgan fingerprint density at radius 2 is 1.76 bits per heavy atom. The Morgan fingerprint density at radius 1 is 1.18 bits per heavy atom. The molecule has 0 unspecified atom stereocenters. The molecule has 94 valence electrons. The molecular formula is C14H19BrO2. The molecule has 0 fully saturated rings. The van der Waals surface area contributed by atoms with E-state index in [9.17, 15) is 4.79 Å². The maximum absolute atomic E-state index is 11.8. The Labute approximate surface area is 113 Å². The summed E-state index contributed by atoms with van der Waals surface area (Å²) in [6.07, 6.45) is 0. The highest BCUT2D eigenvalue weighted by Gasteiger charge is 2.44. The predicted molar refractivity (Wildman–Crippen MR) is 74.1 cm³/mol. The zero-order chi connectivity index (χ0) is 12.1. The largest absolute Gasteiger partial charge is 0.426 e. The molecule has 1 aliphatic rings. The van der Waals surface area contributed by atoms with Crippen molar-refractivity contribution in [3.63, 3.8) is 0 Å². The average Bonchev–Trinajstić information content (AvgIpc) is 2.37. The molecule has 0 saturated carbocycles. The Hall–Kier alpha value is -0.830. The molecule has 2 nitrogen and oxygen atoms in total. The minimum Gasteiger partial charge on any atom is -0.426 e. The van der Waals surface area contributed by atoms with Gasteiger partial charge in [-0.15, -0.1) is 17.0 Å². The van der Waals surface area contributed by atoms with E-state index in [1.54, 1.807) is 0 Å². The van der Waals surface area contributed by atoms with Crippen molar-refractivity contribution in [3.8, 4) is 5.75 Å². The van der Waals surface area contributed by atoms with Crippen molar-refractivity contribution in [2.75, 3.05) is 0 Å². The van der Waals surface area contributed by atoms with Gasteiger partial charge < -0.3 is 4.74 Å². The lowest BCUT2D eigenvalue weighted by Crippen LogP contribution is -2.28. The Morgan fingerprint density at radius 3 is 2.29 bits per heavy atom. The molecule has 0 saturated heterocycles. The third-order valence-corrected chi connectivity index (χ3v) is 3.17. The first-order valence-electron chi connectivity index (χ1n) is 5.61. The number of carbonyl (C=O) groups excluding carboxylic acids is 1. The number of ether oxygens (including phenoxy) is 1. The normalized spacial score (nSPS) is 17.1. The van der Waals surface area contributed by atoms with E-state index >= 15 is 0 Å². The third kappa shape index (κ3) is 2.13. The summed E-state index contributed by atoms with van der Waals surface area (Å²) in [5.74, 6) is 0.571. The van der Waals surface area contributed by atoms with Crippen molar-refractivity contribution < 1.29 is 9.53 Å². The van der Waals surface area contributed by atoms with Gasteiger partial charge in [0.2, 0.25) is 0 Å². The monoisotopic (exact) mass is 298 g/mol. The smallest absolute Gasteiger partial charge is 0.321 e. The molecule has 3 heteroatoms. The molecule has 0 radical (unpaired) electrons. The summed E-state index contributed by atoms with van der Waals surface area (Å²) >= 11 is 0. The summed E-state index contributed by atoms with van der Waals surface area (Å²) in [4.78, 5) is 11.8. The van der Waals surface area contributed by atoms with Crippen molar-refractivity contribution in [2.24, 2.45) is 0 Å². The first kappa shape index (κ1) is 14.2. The molecule has 0 aliphatic carbocycles. The van der Waals surface area contributed by atoms with E-state index in [1.165, 1.54) is 5.56 Å². The van der Waals surface area contributed by atoms with Gasteiger partial charge in [-0.3, -0.25) is 4.79 Å². The Balaban J connectivity index is 0.00000144. The minimum atomic E-state index is -0.529. The maximum Gasteiger partial charge on any atom is 0.321 e. The van der Waals surface area contributed by atoms with Gasteiger partial charge in [0.25, 0.3) is 0 Å². The topological polar surface area (TPSA) is 26.3 Å². The van der Waals surface area contributed by atoms with E-state index in [1.807, 2.05) is 26.0 Å². The molecule has 0 amide bonds. The van der Waals surface area contributed by atoms with Crippen LogP contribution in [0.2, 0.25) is 0 Å². The van der Waals surface area contributed by atoms with Gasteiger partial charge in [-0.05, 0) is 30.9 Å². The van der Waals surface area contributed by atoms with Gasteiger partial charge in [0.1, 0.15) is 5.75 Å². The van der Waals surface area contributed by atoms with Crippen LogP contribution in [0.3, 0.4) is 0 Å². The van der Waals surface area contributed by atoms with Crippen molar-refractivity contribution in [1.29, 1.82) is 0 Å². The fourth-order valence-corrected chi connectivity index (χ4v) is 2.22. The number of halogens is 1. The first-order chi connectivity index (χ1) is 7.24. The lowest BCUT2D eigenvalue weighted by Gasteiger charge is -2.26. The second-order valence-electron chi connectivity index (χ2n) is 5.94. The number of fused-ring (bicyclic) bond motifs is 1. The molecular weight excluding hydrogens is 280 g/mol. The standard InChI is InChI=1S/C14H18O2.BrH/c1-13(2,3)9-7-6-8-10-11(9)14(4,5)12(15)16-10;/h6-8H,1-5H3;1H. The maximum atomic E-state index is 11.8. The number of benzene rings is 1. The molecule has 1 aromatic carbocycles. The molecule has 0 aromatic heterocycles. The van der Waals surface area contributed by atoms with Crippen molar-refractivity contribution in [2.45, 2.75) is 45.4 Å². The summed E-state index contributed by atoms with van der Waals surface area (Å²) in [5, 5.41) is 0. The number of hydrogen-bond donors (Lipinski definition) is 0. The Kier molecular flexibility index (Phi) is 3.45. The molecule has 17 heavy (non-hydrogen) atoms. The summed E-state index contributed by atoms with van der Waals surface area (Å²) in [5.41, 5.74) is 1.74. The van der Waals surface area contributed by atoms with Crippen LogP contribution in [0, 0.1) is 0 Å². The number of carbonyl (C=O) groups is 1. The quantitative estimate of drug-likeness (QED) is 0.538. The van der Waals surface area contributed by atoms with E-state index in [0.717, 1.165) is 11.3 Å². The van der Waals surface area contributed by atoms with Gasteiger partial charge >= 0.3 is 5.97 Å². The second-order valence-corrected chi connectivity index (χ2v) is 5.94. The van der Waals surface area contributed by atoms with Crippen LogP contribution >= 0.6 is 17.0 Å². The van der Waals surface area contributed by atoms with Crippen LogP contribution in [0.5, 0.6) is 5.75 Å². The van der Waals surface area contributed by atoms with Gasteiger partial charge in [-0.25, -0.2) is 0 Å². The van der Waals surface area contributed by atoms with E-state index in [0.29, 0.717) is 0 Å². The van der Waals surface area contributed by atoms with Gasteiger partial charge in [0.15, 0.2) is 0 Å². The van der Waals surface area contributed by atoms with E-state index in [-0.39, 0.29) is 28.4 Å². The Bertz CT molecular complexity index is 456. The summed E-state index contributed by atoms with van der Waals surface area (Å²) in [7, 11) is 0. The number of hydrogen-bond acceptors (Lipinski definition) is 2. The predicted octanol–water partition coefficient (Wildman–Crippen LogP) is 3.76. The molecule has 0 bridgehead atoms. The summed E-state index contributed by atoms with van der Waals surface area (Å²) in [6.45, 7) is 10.3. The van der Waals surface area contributed by atoms with Crippen molar-refractivity contribution >= 4 is 23.0 Å². The van der Waals surface area contributed by atoms with E-state index in [2.05, 4.69) is 26.8 Å². The lowest BCUT2D eigenvalue weighted by atomic mass is 9.75. The van der Waals surface area contributed by atoms with Gasteiger partial charge in [-0.1, -0.05) is 32.9 Å². The summed E-state index contributed by atoms with van der Waals surface area (Å²) < 4.78 is 5.32. The number of rotatable bonds is 0. The fourth-order valence-electron chi connectivity index (χ4n) is 2.22. The first-order valence-corrected chi connectivity index (χ1v) is 5.61. The van der Waals surface area contributed by atoms with Crippen LogP contribution in [-0.2, 0) is 15.6 Å². The minimum absolute atomic E-state index is 0. The summed E-state index contributed by atoms with van der Waals surface area (Å²) in [6, 6.07) is 5.91. The van der Waals surface area contributed by atoms with Crippen LogP contribution < -0.4 is 4.74 Å². The van der Waals surface area contributed by atoms with Crippen LogP contribution in [0.4, 0.5) is 0 Å². The second kappa shape index (κ2) is 4.13. The highest BCUT2D eigenvalue weighted by Crippen LogP contribution is 2.44. The zero-order valence-electron chi connectivity index (χ0n) is 11.0. The zero-order valence-corrected chi connectivity index (χ0v) is 12.7. The van der Waals surface area contributed by atoms with Crippen LogP contribution in [-0.4, -0.2) is 5.97 Å². The number of esters is 1. The molecule has 1 heterocycles. The molecule has 1 aliphatic heterocycles.